The molecule has 0 amide bonds. The summed E-state index contributed by atoms with van der Waals surface area (Å²) < 4.78 is 8.54. The highest BCUT2D eigenvalue weighted by Gasteiger charge is 2.58. The van der Waals surface area contributed by atoms with Crippen LogP contribution in [0.4, 0.5) is 5.82 Å². The lowest BCUT2D eigenvalue weighted by Crippen LogP contribution is -2.24. The van der Waals surface area contributed by atoms with Gasteiger partial charge >= 0.3 is 0 Å². The molecule has 6 rings (SSSR count). The van der Waals surface area contributed by atoms with Crippen molar-refractivity contribution in [2.24, 2.45) is 18.9 Å². The van der Waals surface area contributed by atoms with Gasteiger partial charge in [0, 0.05) is 37.3 Å². The normalized spacial score (nSPS) is 22.3. The van der Waals surface area contributed by atoms with E-state index in [2.05, 4.69) is 30.1 Å². The molecule has 2 fully saturated rings. The van der Waals surface area contributed by atoms with Gasteiger partial charge in [0.05, 0.1) is 5.69 Å². The molecule has 3 atom stereocenters. The molecule has 0 bridgehead atoms. The summed E-state index contributed by atoms with van der Waals surface area (Å²) in [4.78, 5) is 28.4. The first-order valence-electron chi connectivity index (χ1n) is 10.1. The van der Waals surface area contributed by atoms with Crippen LogP contribution in [0.3, 0.4) is 0 Å². The number of rotatable bonds is 4. The minimum atomic E-state index is -0.164. The lowest BCUT2D eigenvalue weighted by molar-refractivity contribution is 0.363. The lowest BCUT2D eigenvalue weighted by Gasteiger charge is -2.20. The molecule has 11 heteroatoms. The van der Waals surface area contributed by atoms with Crippen molar-refractivity contribution in [3.8, 4) is 0 Å². The van der Waals surface area contributed by atoms with Crippen molar-refractivity contribution in [1.82, 2.24) is 34.5 Å². The summed E-state index contributed by atoms with van der Waals surface area (Å²) in [6, 6.07) is 3.67. The van der Waals surface area contributed by atoms with E-state index < -0.39 is 0 Å². The number of pyridine rings is 1. The van der Waals surface area contributed by atoms with Gasteiger partial charge in [-0.05, 0) is 30.9 Å². The van der Waals surface area contributed by atoms with Crippen LogP contribution in [-0.4, -0.2) is 47.5 Å². The number of piperidine rings is 1. The second kappa shape index (κ2) is 6.61. The van der Waals surface area contributed by atoms with Gasteiger partial charge in [0.15, 0.2) is 11.5 Å². The number of halogens is 1. The number of aromatic nitrogens is 7. The fourth-order valence-corrected chi connectivity index (χ4v) is 4.91. The zero-order valence-electron chi connectivity index (χ0n) is 16.9. The van der Waals surface area contributed by atoms with Crippen LogP contribution in [0, 0.1) is 18.8 Å². The molecule has 0 radical (unpaired) electrons. The van der Waals surface area contributed by atoms with Gasteiger partial charge in [-0.2, -0.15) is 10.1 Å². The molecule has 1 aliphatic heterocycles. The van der Waals surface area contributed by atoms with E-state index in [1.807, 2.05) is 6.07 Å². The van der Waals surface area contributed by atoms with Crippen molar-refractivity contribution in [1.29, 1.82) is 0 Å². The SMILES string of the molecule is Cc1nn(C)c2ncn(Cc3nc([C@@H]4[C@@H]5CN(c6cc(Cl)ccn6)C[C@@H]54)no3)c(=O)c12. The molecular formula is C20H19ClN8O2. The van der Waals surface area contributed by atoms with E-state index in [4.69, 9.17) is 16.1 Å². The van der Waals surface area contributed by atoms with E-state index in [-0.39, 0.29) is 18.0 Å². The Bertz CT molecular complexity index is 1360. The Morgan fingerprint density at radius 1 is 1.26 bits per heavy atom. The number of nitrogens with zero attached hydrogens (tertiary/aromatic N) is 8. The number of hydrogen-bond donors (Lipinski definition) is 0. The summed E-state index contributed by atoms with van der Waals surface area (Å²) in [6.45, 7) is 3.78. The Labute approximate surface area is 181 Å². The summed E-state index contributed by atoms with van der Waals surface area (Å²) in [5, 5.41) is 9.66. The van der Waals surface area contributed by atoms with Crippen molar-refractivity contribution in [3.05, 3.63) is 57.4 Å². The van der Waals surface area contributed by atoms with E-state index in [0.717, 1.165) is 18.9 Å². The third-order valence-electron chi connectivity index (χ3n) is 6.30. The predicted octanol–water partition coefficient (Wildman–Crippen LogP) is 1.77. The van der Waals surface area contributed by atoms with Gasteiger partial charge in [-0.1, -0.05) is 16.8 Å². The monoisotopic (exact) mass is 438 g/mol. The Morgan fingerprint density at radius 2 is 2.06 bits per heavy atom. The van der Waals surface area contributed by atoms with Crippen molar-refractivity contribution in [2.75, 3.05) is 18.0 Å². The fraction of sp³-hybridized carbons (Fsp3) is 0.400. The second-order valence-electron chi connectivity index (χ2n) is 8.22. The minimum absolute atomic E-state index is 0.164. The third kappa shape index (κ3) is 2.93. The van der Waals surface area contributed by atoms with E-state index >= 15 is 0 Å². The lowest BCUT2D eigenvalue weighted by atomic mass is 10.2. The number of hydrogen-bond acceptors (Lipinski definition) is 8. The maximum atomic E-state index is 12.8. The Morgan fingerprint density at radius 3 is 2.84 bits per heavy atom. The molecule has 2 aliphatic rings. The molecule has 0 aromatic carbocycles. The molecule has 10 nitrogen and oxygen atoms in total. The average Bonchev–Trinajstić information content (AvgIpc) is 3.12. The van der Waals surface area contributed by atoms with Crippen LogP contribution >= 0.6 is 11.6 Å². The van der Waals surface area contributed by atoms with Gasteiger partial charge in [-0.25, -0.2) is 14.6 Å². The van der Waals surface area contributed by atoms with Crippen LogP contribution < -0.4 is 10.5 Å². The molecule has 1 saturated carbocycles. The topological polar surface area (TPSA) is 108 Å². The van der Waals surface area contributed by atoms with Crippen LogP contribution in [0.5, 0.6) is 0 Å². The zero-order valence-corrected chi connectivity index (χ0v) is 17.7. The molecule has 1 aliphatic carbocycles. The van der Waals surface area contributed by atoms with Gasteiger partial charge in [-0.3, -0.25) is 9.36 Å². The Kier molecular flexibility index (Phi) is 3.95. The fourth-order valence-electron chi connectivity index (χ4n) is 4.75. The molecule has 4 aromatic heterocycles. The van der Waals surface area contributed by atoms with Gasteiger partial charge in [0.25, 0.3) is 5.56 Å². The molecule has 5 heterocycles. The van der Waals surface area contributed by atoms with Gasteiger partial charge in [0.1, 0.15) is 24.1 Å². The van der Waals surface area contributed by atoms with Crippen molar-refractivity contribution >= 4 is 28.5 Å². The van der Waals surface area contributed by atoms with E-state index in [1.54, 1.807) is 30.9 Å². The van der Waals surface area contributed by atoms with Gasteiger partial charge in [-0.15, -0.1) is 0 Å². The standard InChI is InChI=1S/C20H19ClN8O2/c1-10-16-19(27(2)25-10)23-9-29(20(16)30)8-15-24-18(26-31-15)17-12-6-28(7-13(12)17)14-5-11(21)3-4-22-14/h3-5,9,12-13,17H,6-8H2,1-2H3/t12-,13+,17-. The molecule has 1 saturated heterocycles. The summed E-state index contributed by atoms with van der Waals surface area (Å²) in [5.41, 5.74) is 1.05. The largest absolute Gasteiger partial charge is 0.356 e. The first-order valence-corrected chi connectivity index (χ1v) is 10.4. The Hall–Kier alpha value is -3.27. The highest BCUT2D eigenvalue weighted by atomic mass is 35.5. The van der Waals surface area contributed by atoms with E-state index in [0.29, 0.717) is 45.3 Å². The second-order valence-corrected chi connectivity index (χ2v) is 8.66. The molecular weight excluding hydrogens is 420 g/mol. The number of anilines is 1. The van der Waals surface area contributed by atoms with Crippen molar-refractivity contribution in [2.45, 2.75) is 19.4 Å². The van der Waals surface area contributed by atoms with E-state index in [9.17, 15) is 4.79 Å². The number of aryl methyl sites for hydroxylation is 2. The first kappa shape index (κ1) is 18.5. The van der Waals surface area contributed by atoms with Crippen LogP contribution in [0.1, 0.15) is 23.3 Å². The van der Waals surface area contributed by atoms with Crippen LogP contribution in [0.15, 0.2) is 34.0 Å². The number of fused-ring (bicyclic) bond motifs is 2. The molecule has 0 unspecified atom stereocenters. The average molecular weight is 439 g/mol. The van der Waals surface area contributed by atoms with Crippen molar-refractivity contribution in [3.63, 3.8) is 0 Å². The third-order valence-corrected chi connectivity index (χ3v) is 6.53. The van der Waals surface area contributed by atoms with E-state index in [1.165, 1.54) is 10.9 Å². The smallest absolute Gasteiger partial charge is 0.265 e. The molecule has 31 heavy (non-hydrogen) atoms. The maximum absolute atomic E-state index is 12.8. The predicted molar refractivity (Wildman–Crippen MR) is 112 cm³/mol. The van der Waals surface area contributed by atoms with Gasteiger partial charge in [0.2, 0.25) is 5.89 Å². The highest BCUT2D eigenvalue weighted by Crippen LogP contribution is 2.57. The maximum Gasteiger partial charge on any atom is 0.265 e. The van der Waals surface area contributed by atoms with Crippen LogP contribution in [0.2, 0.25) is 5.02 Å². The zero-order chi connectivity index (χ0) is 21.3. The molecule has 4 aromatic rings. The molecule has 0 spiro atoms. The van der Waals surface area contributed by atoms with Crippen LogP contribution in [-0.2, 0) is 13.6 Å². The van der Waals surface area contributed by atoms with Crippen molar-refractivity contribution < 1.29 is 4.52 Å². The molecule has 0 N–H and O–H groups in total. The summed E-state index contributed by atoms with van der Waals surface area (Å²) in [6.07, 6.45) is 3.23. The summed E-state index contributed by atoms with van der Waals surface area (Å²) >= 11 is 6.09. The summed E-state index contributed by atoms with van der Waals surface area (Å²) in [5.74, 6) is 3.25. The first-order chi connectivity index (χ1) is 15.0. The van der Waals surface area contributed by atoms with Gasteiger partial charge < -0.3 is 9.42 Å². The molecule has 158 valence electrons. The van der Waals surface area contributed by atoms with Crippen LogP contribution in [0.25, 0.3) is 11.0 Å². The minimum Gasteiger partial charge on any atom is -0.356 e. The highest BCUT2D eigenvalue weighted by molar-refractivity contribution is 6.30. The quantitative estimate of drug-likeness (QED) is 0.474. The summed E-state index contributed by atoms with van der Waals surface area (Å²) in [7, 11) is 1.77. The Balaban J connectivity index is 1.18.